The number of carbonyl (C=O) groups is 2. The number of amidine groups is 1. The summed E-state index contributed by atoms with van der Waals surface area (Å²) in [5.41, 5.74) is 8.05. The lowest BCUT2D eigenvalue weighted by atomic mass is 9.87. The molecular formula is C34H44N8O3. The number of ether oxygens (including phenoxy) is 1. The lowest BCUT2D eigenvalue weighted by molar-refractivity contribution is -0.134. The number of pyridine rings is 1. The number of allylic oxidation sites excluding steroid dienone is 1. The van der Waals surface area contributed by atoms with Crippen molar-refractivity contribution in [2.75, 3.05) is 20.2 Å². The van der Waals surface area contributed by atoms with Crippen LogP contribution in [0.25, 0.3) is 5.57 Å². The molecule has 0 spiro atoms. The summed E-state index contributed by atoms with van der Waals surface area (Å²) in [6.45, 7) is 9.19. The number of alkyl carbamates (subject to hydrolysis) is 1. The van der Waals surface area contributed by atoms with Gasteiger partial charge in [0.05, 0.1) is 25.4 Å². The van der Waals surface area contributed by atoms with Crippen LogP contribution in [0.1, 0.15) is 82.9 Å². The molecule has 0 aromatic carbocycles. The van der Waals surface area contributed by atoms with Crippen molar-refractivity contribution in [3.63, 3.8) is 0 Å². The van der Waals surface area contributed by atoms with E-state index in [4.69, 9.17) is 15.5 Å². The molecule has 0 aliphatic carbocycles. The molecule has 0 saturated carbocycles. The molecule has 2 fully saturated rings. The normalized spacial score (nSPS) is 20.4. The lowest BCUT2D eigenvalue weighted by Crippen LogP contribution is -2.55. The second-order valence-corrected chi connectivity index (χ2v) is 11.8. The highest BCUT2D eigenvalue weighted by molar-refractivity contribution is 5.95. The minimum absolute atomic E-state index is 0.157. The number of hydrogen-bond acceptors (Lipinski definition) is 7. The Hall–Kier alpha value is -4.61. The summed E-state index contributed by atoms with van der Waals surface area (Å²) in [5.74, 6) is 13.1. The van der Waals surface area contributed by atoms with E-state index in [0.717, 1.165) is 49.2 Å². The number of imidazole rings is 1. The van der Waals surface area contributed by atoms with Crippen molar-refractivity contribution in [3.8, 4) is 23.7 Å². The summed E-state index contributed by atoms with van der Waals surface area (Å²) in [7, 11) is 1.27. The van der Waals surface area contributed by atoms with E-state index in [9.17, 15) is 9.59 Å². The number of nitrogens with two attached hydrogens (primary N) is 1. The van der Waals surface area contributed by atoms with Crippen LogP contribution in [0.15, 0.2) is 41.8 Å². The first kappa shape index (κ1) is 33.3. The van der Waals surface area contributed by atoms with Crippen LogP contribution in [0, 0.1) is 29.6 Å². The average Bonchev–Trinajstić information content (AvgIpc) is 3.83. The van der Waals surface area contributed by atoms with Gasteiger partial charge >= 0.3 is 6.09 Å². The Balaban J connectivity index is 1.68. The fraction of sp³-hybridized carbons (Fsp3) is 0.500. The monoisotopic (exact) mass is 612 g/mol. The van der Waals surface area contributed by atoms with Gasteiger partial charge in [0.2, 0.25) is 5.91 Å². The van der Waals surface area contributed by atoms with E-state index in [1.54, 1.807) is 23.5 Å². The van der Waals surface area contributed by atoms with E-state index >= 15 is 0 Å². The Labute approximate surface area is 265 Å². The molecule has 2 aliphatic rings. The zero-order valence-corrected chi connectivity index (χ0v) is 26.8. The van der Waals surface area contributed by atoms with Crippen molar-refractivity contribution < 1.29 is 14.3 Å². The number of aliphatic imine (C=N–C) groups is 1. The number of methoxy groups -OCH3 is 1. The molecule has 11 nitrogen and oxygen atoms in total. The number of aromatic amines is 1. The fourth-order valence-corrected chi connectivity index (χ4v) is 5.77. The van der Waals surface area contributed by atoms with Gasteiger partial charge in [0.25, 0.3) is 0 Å². The van der Waals surface area contributed by atoms with Gasteiger partial charge < -0.3 is 31.0 Å². The maximum Gasteiger partial charge on any atom is 0.407 e. The maximum absolute atomic E-state index is 13.7. The molecular weight excluding hydrogens is 568 g/mol. The number of amides is 2. The number of likely N-dealkylation sites (tertiary alicyclic amines) is 1. The summed E-state index contributed by atoms with van der Waals surface area (Å²) in [4.78, 5) is 44.5. The van der Waals surface area contributed by atoms with Gasteiger partial charge in [-0.1, -0.05) is 38.8 Å². The highest BCUT2D eigenvalue weighted by Crippen LogP contribution is 2.32. The highest BCUT2D eigenvalue weighted by Gasteiger charge is 2.38. The quantitative estimate of drug-likeness (QED) is 0.192. The molecule has 2 saturated heterocycles. The van der Waals surface area contributed by atoms with E-state index < -0.39 is 23.7 Å². The number of H-pyrrole nitrogens is 1. The largest absolute Gasteiger partial charge is 0.453 e. The van der Waals surface area contributed by atoms with Crippen molar-refractivity contribution in [2.24, 2.45) is 16.6 Å². The molecule has 2 aromatic heterocycles. The van der Waals surface area contributed by atoms with Gasteiger partial charge in [-0.3, -0.25) is 9.78 Å². The number of hydrogen-bond donors (Lipinski definition) is 4. The zero-order valence-electron chi connectivity index (χ0n) is 26.8. The molecule has 11 heteroatoms. The molecule has 2 aliphatic heterocycles. The van der Waals surface area contributed by atoms with Gasteiger partial charge in [0.1, 0.15) is 28.9 Å². The van der Waals surface area contributed by atoms with Crippen molar-refractivity contribution in [1.82, 2.24) is 30.5 Å². The number of rotatable bonds is 9. The van der Waals surface area contributed by atoms with E-state index in [2.05, 4.69) is 55.3 Å². The minimum Gasteiger partial charge on any atom is -0.453 e. The lowest BCUT2D eigenvalue weighted by Gasteiger charge is -2.32. The predicted octanol–water partition coefficient (Wildman–Crippen LogP) is 3.57. The number of aromatic nitrogens is 3. The van der Waals surface area contributed by atoms with Crippen LogP contribution in [-0.4, -0.2) is 75.5 Å². The van der Waals surface area contributed by atoms with Crippen LogP contribution in [0.5, 0.6) is 0 Å². The van der Waals surface area contributed by atoms with Gasteiger partial charge in [-0.15, -0.1) is 0 Å². The minimum atomic E-state index is -1.09. The standard InChI is InChI=1S/C34H44N8O3/c1-6-12-26(24-13-9-18-36-21-24)34(4,17-8-7-14-25-22-38-31(39-25)27-15-10-19-37-27)41-30(35)28-16-11-20-42(28)32(43)29(23(2)3)40-33(44)45-5/h9,12-13,18,21-23,27-29,37H,6,10-11,15-16,19-20H2,1-5H3,(H2,35,41)(H,38,39)(H,40,44)/b26-12-/t27-,28-,29-,34?/m0/s1. The molecule has 4 heterocycles. The molecule has 4 atom stereocenters. The summed E-state index contributed by atoms with van der Waals surface area (Å²) in [5, 5.41) is 6.11. The second kappa shape index (κ2) is 15.4. The van der Waals surface area contributed by atoms with Crippen LogP contribution in [0.3, 0.4) is 0 Å². The Bertz CT molecular complexity index is 1520. The third-order valence-electron chi connectivity index (χ3n) is 8.08. The predicted molar refractivity (Wildman–Crippen MR) is 175 cm³/mol. The zero-order chi connectivity index (χ0) is 32.4. The first-order valence-corrected chi connectivity index (χ1v) is 15.6. The van der Waals surface area contributed by atoms with Crippen molar-refractivity contribution in [2.45, 2.75) is 83.5 Å². The first-order valence-electron chi connectivity index (χ1n) is 15.6. The molecule has 4 rings (SSSR count). The molecule has 2 amide bonds. The smallest absolute Gasteiger partial charge is 0.407 e. The topological polar surface area (TPSA) is 151 Å². The Kier molecular flexibility index (Phi) is 11.4. The van der Waals surface area contributed by atoms with E-state index in [1.807, 2.05) is 39.8 Å². The number of nitrogens with one attached hydrogen (secondary N) is 3. The van der Waals surface area contributed by atoms with Crippen LogP contribution in [0.2, 0.25) is 0 Å². The Morgan fingerprint density at radius 3 is 2.78 bits per heavy atom. The molecule has 0 bridgehead atoms. The third kappa shape index (κ3) is 8.31. The average molecular weight is 613 g/mol. The summed E-state index contributed by atoms with van der Waals surface area (Å²) in [6.07, 6.45) is 10.9. The summed E-state index contributed by atoms with van der Waals surface area (Å²) >= 11 is 0. The first-order chi connectivity index (χ1) is 21.7. The second-order valence-electron chi connectivity index (χ2n) is 11.8. The van der Waals surface area contributed by atoms with Gasteiger partial charge in [-0.2, -0.15) is 0 Å². The van der Waals surface area contributed by atoms with Crippen LogP contribution >= 0.6 is 0 Å². The van der Waals surface area contributed by atoms with E-state index in [-0.39, 0.29) is 17.9 Å². The Morgan fingerprint density at radius 1 is 1.29 bits per heavy atom. The van der Waals surface area contributed by atoms with Crippen molar-refractivity contribution in [3.05, 3.63) is 53.9 Å². The highest BCUT2D eigenvalue weighted by atomic mass is 16.5. The van der Waals surface area contributed by atoms with E-state index in [0.29, 0.717) is 24.5 Å². The molecule has 45 heavy (non-hydrogen) atoms. The fourth-order valence-electron chi connectivity index (χ4n) is 5.77. The van der Waals surface area contributed by atoms with Crippen LogP contribution in [0.4, 0.5) is 4.79 Å². The van der Waals surface area contributed by atoms with Crippen molar-refractivity contribution in [1.29, 1.82) is 0 Å². The van der Waals surface area contributed by atoms with Gasteiger partial charge in [-0.25, -0.2) is 14.8 Å². The number of carbonyl (C=O) groups excluding carboxylic acids is 2. The SMILES string of the molecule is CC/C=C(/c1cccnc1)C(C)(C#CC#Cc1cnc([C@@H]2CCCN2)[nH]1)N=C(N)[C@@H]1CCCN1C(=O)[C@@H](NC(=O)OC)C(C)C. The van der Waals surface area contributed by atoms with Gasteiger partial charge in [0, 0.05) is 18.9 Å². The van der Waals surface area contributed by atoms with Gasteiger partial charge in [-0.05, 0) is 86.5 Å². The molecule has 0 radical (unpaired) electrons. The van der Waals surface area contributed by atoms with E-state index in [1.165, 1.54) is 7.11 Å². The van der Waals surface area contributed by atoms with Crippen LogP contribution < -0.4 is 16.4 Å². The third-order valence-corrected chi connectivity index (χ3v) is 8.08. The number of nitrogens with zero attached hydrogens (tertiary/aromatic N) is 4. The summed E-state index contributed by atoms with van der Waals surface area (Å²) < 4.78 is 4.76. The molecule has 2 aromatic rings. The maximum atomic E-state index is 13.7. The molecule has 238 valence electrons. The van der Waals surface area contributed by atoms with Crippen LogP contribution in [-0.2, 0) is 9.53 Å². The molecule has 5 N–H and O–H groups in total. The summed E-state index contributed by atoms with van der Waals surface area (Å²) in [6, 6.07) is 2.85. The van der Waals surface area contributed by atoms with Crippen molar-refractivity contribution >= 4 is 23.4 Å². The van der Waals surface area contributed by atoms with Gasteiger partial charge in [0.15, 0.2) is 0 Å². The molecule has 1 unspecified atom stereocenters. The Morgan fingerprint density at radius 2 is 2.11 bits per heavy atom.